The molecule has 0 amide bonds. The van der Waals surface area contributed by atoms with Gasteiger partial charge in [-0.05, 0) is 25.0 Å². The fraction of sp³-hybridized carbons (Fsp3) is 0.455. The molecule has 17 heavy (non-hydrogen) atoms. The van der Waals surface area contributed by atoms with Gasteiger partial charge in [-0.1, -0.05) is 5.16 Å². The van der Waals surface area contributed by atoms with Crippen molar-refractivity contribution in [3.05, 3.63) is 23.8 Å². The number of aromatic nitrogens is 2. The minimum Gasteiger partial charge on any atom is -0.461 e. The van der Waals surface area contributed by atoms with Crippen LogP contribution in [0, 0.1) is 6.92 Å². The van der Waals surface area contributed by atoms with Crippen molar-refractivity contribution in [1.82, 2.24) is 15.5 Å². The van der Waals surface area contributed by atoms with Crippen molar-refractivity contribution in [2.24, 2.45) is 0 Å². The molecule has 2 aromatic rings. The molecule has 1 saturated heterocycles. The maximum absolute atomic E-state index is 9.42. The minimum atomic E-state index is -0.347. The van der Waals surface area contributed by atoms with E-state index >= 15 is 0 Å². The normalized spacial score (nSPS) is 24.4. The van der Waals surface area contributed by atoms with Crippen LogP contribution >= 0.6 is 0 Å². The number of nitrogens with one attached hydrogen (secondary N) is 1. The largest absolute Gasteiger partial charge is 0.461 e. The van der Waals surface area contributed by atoms with Gasteiger partial charge in [-0.2, -0.15) is 4.98 Å². The van der Waals surface area contributed by atoms with Gasteiger partial charge in [-0.15, -0.1) is 0 Å². The maximum Gasteiger partial charge on any atom is 0.244 e. The van der Waals surface area contributed by atoms with Crippen LogP contribution in [-0.4, -0.2) is 27.9 Å². The van der Waals surface area contributed by atoms with Gasteiger partial charge in [-0.25, -0.2) is 0 Å². The molecule has 0 bridgehead atoms. The third kappa shape index (κ3) is 1.85. The van der Waals surface area contributed by atoms with E-state index in [0.29, 0.717) is 30.4 Å². The van der Waals surface area contributed by atoms with Crippen LogP contribution in [0.15, 0.2) is 21.3 Å². The molecule has 3 rings (SSSR count). The van der Waals surface area contributed by atoms with Crippen LogP contribution in [0.1, 0.15) is 23.9 Å². The Labute approximate surface area is 97.6 Å². The van der Waals surface area contributed by atoms with Crippen LogP contribution in [0.2, 0.25) is 0 Å². The first-order valence-electron chi connectivity index (χ1n) is 5.53. The van der Waals surface area contributed by atoms with Crippen molar-refractivity contribution in [2.75, 3.05) is 6.54 Å². The molecular formula is C11H13N3O3. The lowest BCUT2D eigenvalue weighted by atomic mass is 10.2. The monoisotopic (exact) mass is 235 g/mol. The average Bonchev–Trinajstić information content (AvgIpc) is 2.97. The van der Waals surface area contributed by atoms with E-state index in [1.54, 1.807) is 6.26 Å². The lowest BCUT2D eigenvalue weighted by Gasteiger charge is -2.01. The zero-order valence-corrected chi connectivity index (χ0v) is 9.38. The number of β-amino-alcohol motifs (C(OH)–C–C–N with tert-alkyl or cyclic N) is 1. The molecule has 2 atom stereocenters. The molecule has 6 heteroatoms. The number of aliphatic hydroxyl groups excluding tert-OH is 1. The predicted molar refractivity (Wildman–Crippen MR) is 58.1 cm³/mol. The second kappa shape index (κ2) is 3.97. The number of furan rings is 1. The molecule has 0 unspecified atom stereocenters. The summed E-state index contributed by atoms with van der Waals surface area (Å²) in [4.78, 5) is 4.28. The Balaban J connectivity index is 1.86. The van der Waals surface area contributed by atoms with E-state index in [2.05, 4.69) is 15.5 Å². The Bertz CT molecular complexity index is 520. The van der Waals surface area contributed by atoms with E-state index < -0.39 is 0 Å². The van der Waals surface area contributed by atoms with Crippen LogP contribution in [0.25, 0.3) is 11.6 Å². The maximum atomic E-state index is 9.42. The number of hydrogen-bond donors (Lipinski definition) is 2. The van der Waals surface area contributed by atoms with Gasteiger partial charge < -0.3 is 19.4 Å². The van der Waals surface area contributed by atoms with Crippen LogP contribution in [-0.2, 0) is 0 Å². The number of rotatable bonds is 2. The number of aryl methyl sites for hydroxylation is 1. The van der Waals surface area contributed by atoms with Crippen molar-refractivity contribution < 1.29 is 14.0 Å². The summed E-state index contributed by atoms with van der Waals surface area (Å²) in [6.07, 6.45) is 1.84. The molecule has 1 fully saturated rings. The Hall–Kier alpha value is -1.66. The number of aliphatic hydroxyl groups is 1. The Morgan fingerprint density at radius 2 is 2.41 bits per heavy atom. The first kappa shape index (κ1) is 10.5. The quantitative estimate of drug-likeness (QED) is 0.808. The molecule has 90 valence electrons. The zero-order chi connectivity index (χ0) is 11.8. The summed E-state index contributed by atoms with van der Waals surface area (Å²) >= 11 is 0. The van der Waals surface area contributed by atoms with E-state index in [1.165, 1.54) is 0 Å². The van der Waals surface area contributed by atoms with Crippen LogP contribution in [0.5, 0.6) is 0 Å². The van der Waals surface area contributed by atoms with Gasteiger partial charge in [0.25, 0.3) is 0 Å². The van der Waals surface area contributed by atoms with Crippen molar-refractivity contribution in [3.8, 4) is 11.6 Å². The highest BCUT2D eigenvalue weighted by Gasteiger charge is 2.28. The smallest absolute Gasteiger partial charge is 0.244 e. The van der Waals surface area contributed by atoms with Crippen molar-refractivity contribution in [3.63, 3.8) is 0 Å². The first-order valence-corrected chi connectivity index (χ1v) is 5.53. The number of hydrogen-bond acceptors (Lipinski definition) is 6. The topological polar surface area (TPSA) is 84.3 Å². The summed E-state index contributed by atoms with van der Waals surface area (Å²) in [7, 11) is 0. The van der Waals surface area contributed by atoms with Crippen molar-refractivity contribution in [1.29, 1.82) is 0 Å². The molecule has 1 aliphatic rings. The number of nitrogens with zero attached hydrogens (tertiary/aromatic N) is 2. The van der Waals surface area contributed by atoms with E-state index in [0.717, 1.165) is 5.56 Å². The molecule has 0 aliphatic carbocycles. The molecule has 2 N–H and O–H groups in total. The summed E-state index contributed by atoms with van der Waals surface area (Å²) in [5.41, 5.74) is 0.969. The van der Waals surface area contributed by atoms with E-state index in [4.69, 9.17) is 8.94 Å². The first-order chi connectivity index (χ1) is 8.24. The van der Waals surface area contributed by atoms with Gasteiger partial charge in [-0.3, -0.25) is 0 Å². The van der Waals surface area contributed by atoms with Gasteiger partial charge in [0, 0.05) is 6.54 Å². The lowest BCUT2D eigenvalue weighted by molar-refractivity contribution is 0.191. The fourth-order valence-electron chi connectivity index (χ4n) is 1.98. The van der Waals surface area contributed by atoms with E-state index in [-0.39, 0.29) is 12.1 Å². The summed E-state index contributed by atoms with van der Waals surface area (Å²) in [5.74, 6) is 1.57. The highest BCUT2D eigenvalue weighted by atomic mass is 16.5. The van der Waals surface area contributed by atoms with Crippen LogP contribution in [0.4, 0.5) is 0 Å². The second-order valence-electron chi connectivity index (χ2n) is 4.24. The van der Waals surface area contributed by atoms with Crippen molar-refractivity contribution in [2.45, 2.75) is 25.5 Å². The summed E-state index contributed by atoms with van der Waals surface area (Å²) in [5, 5.41) is 16.4. The van der Waals surface area contributed by atoms with E-state index in [9.17, 15) is 5.11 Å². The van der Waals surface area contributed by atoms with Gasteiger partial charge in [0.2, 0.25) is 11.7 Å². The van der Waals surface area contributed by atoms with Crippen LogP contribution < -0.4 is 5.32 Å². The Morgan fingerprint density at radius 1 is 1.53 bits per heavy atom. The van der Waals surface area contributed by atoms with Gasteiger partial charge in [0.15, 0.2) is 5.76 Å². The zero-order valence-electron chi connectivity index (χ0n) is 9.38. The SMILES string of the molecule is Cc1ccoc1-c1noc([C@H]2C[C@@H](O)CN2)n1. The third-order valence-corrected chi connectivity index (χ3v) is 2.91. The summed E-state index contributed by atoms with van der Waals surface area (Å²) in [6, 6.07) is 1.78. The van der Waals surface area contributed by atoms with Crippen LogP contribution in [0.3, 0.4) is 0 Å². The third-order valence-electron chi connectivity index (χ3n) is 2.91. The van der Waals surface area contributed by atoms with Gasteiger partial charge in [0.1, 0.15) is 0 Å². The Morgan fingerprint density at radius 3 is 3.06 bits per heavy atom. The summed E-state index contributed by atoms with van der Waals surface area (Å²) in [6.45, 7) is 2.48. The predicted octanol–water partition coefficient (Wildman–Crippen LogP) is 1.03. The van der Waals surface area contributed by atoms with E-state index in [1.807, 2.05) is 13.0 Å². The molecule has 0 radical (unpaired) electrons. The summed E-state index contributed by atoms with van der Waals surface area (Å²) < 4.78 is 10.5. The van der Waals surface area contributed by atoms with Gasteiger partial charge >= 0.3 is 0 Å². The highest BCUT2D eigenvalue weighted by molar-refractivity contribution is 5.51. The second-order valence-corrected chi connectivity index (χ2v) is 4.24. The minimum absolute atomic E-state index is 0.0680. The van der Waals surface area contributed by atoms with Gasteiger partial charge in [0.05, 0.1) is 18.4 Å². The lowest BCUT2D eigenvalue weighted by Crippen LogP contribution is -2.15. The molecule has 0 spiro atoms. The molecule has 0 saturated carbocycles. The fourth-order valence-corrected chi connectivity index (χ4v) is 1.98. The molecule has 0 aromatic carbocycles. The molecule has 6 nitrogen and oxygen atoms in total. The molecule has 2 aromatic heterocycles. The molecular weight excluding hydrogens is 222 g/mol. The van der Waals surface area contributed by atoms with Crippen molar-refractivity contribution >= 4 is 0 Å². The highest BCUT2D eigenvalue weighted by Crippen LogP contribution is 2.26. The standard InChI is InChI=1S/C11H13N3O3/c1-6-2-3-16-9(6)10-13-11(17-14-10)8-4-7(15)5-12-8/h2-3,7-8,12,15H,4-5H2,1H3/t7-,8-/m1/s1. The molecule has 1 aliphatic heterocycles. The average molecular weight is 235 g/mol. The molecule has 3 heterocycles. The Kier molecular flexibility index (Phi) is 2.45.